The van der Waals surface area contributed by atoms with Gasteiger partial charge in [0.25, 0.3) is 5.78 Å². The van der Waals surface area contributed by atoms with Gasteiger partial charge in [0.05, 0.1) is 17.3 Å². The number of halogens is 3. The molecule has 118 valence electrons. The van der Waals surface area contributed by atoms with Gasteiger partial charge in [0, 0.05) is 18.9 Å². The minimum atomic E-state index is -4.86. The normalized spacial score (nSPS) is 17.2. The lowest BCUT2D eigenvalue weighted by Gasteiger charge is -2.24. The zero-order valence-corrected chi connectivity index (χ0v) is 12.2. The molecule has 0 amide bonds. The predicted molar refractivity (Wildman–Crippen MR) is 70.5 cm³/mol. The fourth-order valence-corrected chi connectivity index (χ4v) is 2.74. The van der Waals surface area contributed by atoms with E-state index >= 15 is 0 Å². The summed E-state index contributed by atoms with van der Waals surface area (Å²) < 4.78 is 45.3. The molecule has 0 saturated carbocycles. The Morgan fingerprint density at radius 2 is 1.90 bits per heavy atom. The van der Waals surface area contributed by atoms with Gasteiger partial charge >= 0.3 is 6.18 Å². The van der Waals surface area contributed by atoms with E-state index in [2.05, 4.69) is 5.10 Å². The Bertz CT molecular complexity index is 517. The van der Waals surface area contributed by atoms with E-state index in [-0.39, 0.29) is 17.3 Å². The molecule has 1 fully saturated rings. The number of hydrogen-bond donors (Lipinski definition) is 0. The van der Waals surface area contributed by atoms with Crippen molar-refractivity contribution in [1.82, 2.24) is 9.78 Å². The number of rotatable bonds is 4. The van der Waals surface area contributed by atoms with Crippen LogP contribution in [0.3, 0.4) is 0 Å². The van der Waals surface area contributed by atoms with E-state index in [4.69, 9.17) is 4.74 Å². The molecule has 2 heterocycles. The molecule has 7 heteroatoms. The molecule has 4 nitrogen and oxygen atoms in total. The Morgan fingerprint density at radius 1 is 1.29 bits per heavy atom. The van der Waals surface area contributed by atoms with Crippen LogP contribution < -0.4 is 0 Å². The number of carbonyl (C=O) groups is 1. The summed E-state index contributed by atoms with van der Waals surface area (Å²) in [6.45, 7) is 4.60. The van der Waals surface area contributed by atoms with Gasteiger partial charge in [0.1, 0.15) is 0 Å². The van der Waals surface area contributed by atoms with Crippen LogP contribution in [0.1, 0.15) is 54.5 Å². The quantitative estimate of drug-likeness (QED) is 0.803. The molecule has 1 aliphatic rings. The monoisotopic (exact) mass is 304 g/mol. The standard InChI is InChI=1S/C14H19F3N2O2/c1-3-10-12(13(20)14(15,16)17)11(4-2)19(18-10)9-5-7-21-8-6-9/h9H,3-8H2,1-2H3. The van der Waals surface area contributed by atoms with Crippen LogP contribution in [0, 0.1) is 0 Å². The number of ether oxygens (including phenoxy) is 1. The van der Waals surface area contributed by atoms with E-state index in [1.807, 2.05) is 0 Å². The molecule has 0 atom stereocenters. The lowest BCUT2D eigenvalue weighted by atomic mass is 10.0. The highest BCUT2D eigenvalue weighted by Crippen LogP contribution is 2.30. The summed E-state index contributed by atoms with van der Waals surface area (Å²) in [6.07, 6.45) is -2.80. The first-order valence-corrected chi connectivity index (χ1v) is 7.19. The predicted octanol–water partition coefficient (Wildman–Crippen LogP) is 3.10. The van der Waals surface area contributed by atoms with Crippen molar-refractivity contribution in [2.45, 2.75) is 51.7 Å². The third-order valence-corrected chi connectivity index (χ3v) is 3.77. The maximum atomic E-state index is 12.8. The zero-order valence-electron chi connectivity index (χ0n) is 12.2. The molecule has 0 unspecified atom stereocenters. The minimum Gasteiger partial charge on any atom is -0.381 e. The fraction of sp³-hybridized carbons (Fsp3) is 0.714. The van der Waals surface area contributed by atoms with Crippen LogP contribution >= 0.6 is 0 Å². The van der Waals surface area contributed by atoms with Crippen molar-refractivity contribution in [3.05, 3.63) is 17.0 Å². The Labute approximate surface area is 121 Å². The largest absolute Gasteiger partial charge is 0.455 e. The van der Waals surface area contributed by atoms with Gasteiger partial charge < -0.3 is 4.74 Å². The van der Waals surface area contributed by atoms with Gasteiger partial charge in [-0.1, -0.05) is 13.8 Å². The van der Waals surface area contributed by atoms with Crippen LogP contribution in [0.2, 0.25) is 0 Å². The van der Waals surface area contributed by atoms with Gasteiger partial charge in [0.2, 0.25) is 0 Å². The average Bonchev–Trinajstić information content (AvgIpc) is 2.84. The van der Waals surface area contributed by atoms with E-state index in [9.17, 15) is 18.0 Å². The first-order chi connectivity index (χ1) is 9.90. The van der Waals surface area contributed by atoms with E-state index in [1.54, 1.807) is 18.5 Å². The number of ketones is 1. The molecule has 2 rings (SSSR count). The highest BCUT2D eigenvalue weighted by atomic mass is 19.4. The van der Waals surface area contributed by atoms with Gasteiger partial charge in [0.15, 0.2) is 0 Å². The summed E-state index contributed by atoms with van der Waals surface area (Å²) in [5.74, 6) is -1.78. The van der Waals surface area contributed by atoms with Crippen LogP contribution in [-0.4, -0.2) is 35.0 Å². The maximum absolute atomic E-state index is 12.8. The molecule has 1 aromatic heterocycles. The Morgan fingerprint density at radius 3 is 2.38 bits per heavy atom. The van der Waals surface area contributed by atoms with Crippen LogP contribution in [-0.2, 0) is 17.6 Å². The molecular formula is C14H19F3N2O2. The average molecular weight is 304 g/mol. The number of nitrogens with zero attached hydrogens (tertiary/aromatic N) is 2. The highest BCUT2D eigenvalue weighted by Gasteiger charge is 2.43. The van der Waals surface area contributed by atoms with E-state index < -0.39 is 12.0 Å². The molecule has 1 saturated heterocycles. The number of aromatic nitrogens is 2. The highest BCUT2D eigenvalue weighted by molar-refractivity contribution is 6.02. The van der Waals surface area contributed by atoms with E-state index in [0.717, 1.165) is 0 Å². The number of hydrogen-bond acceptors (Lipinski definition) is 3. The van der Waals surface area contributed by atoms with E-state index in [1.165, 1.54) is 0 Å². The molecule has 0 aromatic carbocycles. The van der Waals surface area contributed by atoms with Gasteiger partial charge in [-0.2, -0.15) is 18.3 Å². The Hall–Kier alpha value is -1.37. The lowest BCUT2D eigenvalue weighted by molar-refractivity contribution is -0.0886. The third kappa shape index (κ3) is 3.12. The Balaban J connectivity index is 2.48. The van der Waals surface area contributed by atoms with E-state index in [0.29, 0.717) is 44.6 Å². The topological polar surface area (TPSA) is 44.1 Å². The number of carbonyl (C=O) groups excluding carboxylic acids is 1. The summed E-state index contributed by atoms with van der Waals surface area (Å²) in [6, 6.07) is 0.00813. The summed E-state index contributed by atoms with van der Waals surface area (Å²) >= 11 is 0. The molecular weight excluding hydrogens is 285 g/mol. The molecule has 0 aliphatic carbocycles. The smallest absolute Gasteiger partial charge is 0.381 e. The van der Waals surface area contributed by atoms with Gasteiger partial charge in [-0.05, 0) is 25.7 Å². The van der Waals surface area contributed by atoms with Crippen molar-refractivity contribution < 1.29 is 22.7 Å². The first-order valence-electron chi connectivity index (χ1n) is 7.19. The number of alkyl halides is 3. The molecule has 1 aromatic rings. The van der Waals surface area contributed by atoms with Crippen LogP contribution in [0.25, 0.3) is 0 Å². The van der Waals surface area contributed by atoms with Crippen molar-refractivity contribution >= 4 is 5.78 Å². The summed E-state index contributed by atoms with van der Waals surface area (Å²) in [4.78, 5) is 11.7. The van der Waals surface area contributed by atoms with Gasteiger partial charge in [-0.15, -0.1) is 0 Å². The Kier molecular flexibility index (Phi) is 4.70. The summed E-state index contributed by atoms with van der Waals surface area (Å²) in [5.41, 5.74) is 0.376. The van der Waals surface area contributed by atoms with Crippen molar-refractivity contribution in [3.63, 3.8) is 0 Å². The van der Waals surface area contributed by atoms with Crippen molar-refractivity contribution in [2.24, 2.45) is 0 Å². The second kappa shape index (κ2) is 6.17. The summed E-state index contributed by atoms with van der Waals surface area (Å²) in [7, 11) is 0. The second-order valence-corrected chi connectivity index (χ2v) is 5.09. The van der Waals surface area contributed by atoms with Gasteiger partial charge in [-0.25, -0.2) is 0 Å². The SMILES string of the molecule is CCc1nn(C2CCOCC2)c(CC)c1C(=O)C(F)(F)F. The second-order valence-electron chi connectivity index (χ2n) is 5.09. The fourth-order valence-electron chi connectivity index (χ4n) is 2.74. The van der Waals surface area contributed by atoms with Crippen molar-refractivity contribution in [1.29, 1.82) is 0 Å². The number of Topliss-reactive ketones (excluding diaryl/α,β-unsaturated/α-hetero) is 1. The molecule has 0 bridgehead atoms. The third-order valence-electron chi connectivity index (χ3n) is 3.77. The molecule has 0 N–H and O–H groups in total. The molecule has 0 radical (unpaired) electrons. The molecule has 21 heavy (non-hydrogen) atoms. The van der Waals surface area contributed by atoms with Crippen LogP contribution in [0.15, 0.2) is 0 Å². The van der Waals surface area contributed by atoms with Crippen molar-refractivity contribution in [2.75, 3.05) is 13.2 Å². The van der Waals surface area contributed by atoms with Gasteiger partial charge in [-0.3, -0.25) is 9.48 Å². The van der Waals surface area contributed by atoms with Crippen LogP contribution in [0.4, 0.5) is 13.2 Å². The zero-order chi connectivity index (χ0) is 15.6. The first kappa shape index (κ1) is 16.0. The minimum absolute atomic E-state index is 0.00813. The van der Waals surface area contributed by atoms with Crippen LogP contribution in [0.5, 0.6) is 0 Å². The lowest BCUT2D eigenvalue weighted by Crippen LogP contribution is -2.26. The van der Waals surface area contributed by atoms with Crippen molar-refractivity contribution in [3.8, 4) is 0 Å². The maximum Gasteiger partial charge on any atom is 0.455 e. The summed E-state index contributed by atoms with van der Waals surface area (Å²) in [5, 5.41) is 4.30. The molecule has 0 spiro atoms. The number of aryl methyl sites for hydroxylation is 1. The molecule has 1 aliphatic heterocycles.